The number of aliphatic hydroxyl groups excluding tert-OH is 1. The molecule has 0 spiro atoms. The van der Waals surface area contributed by atoms with Gasteiger partial charge in [-0.2, -0.15) is 0 Å². The van der Waals surface area contributed by atoms with Crippen molar-refractivity contribution in [3.63, 3.8) is 0 Å². The summed E-state index contributed by atoms with van der Waals surface area (Å²) in [5, 5.41) is 23.5. The van der Waals surface area contributed by atoms with E-state index in [1.165, 1.54) is 92.6 Å². The number of likely N-dealkylation sites (N-methyl/N-ethyl adjacent to an activating group) is 7. The molecule has 5 N–H and O–H groups in total. The Morgan fingerprint density at radius 3 is 1.43 bits per heavy atom. The van der Waals surface area contributed by atoms with Crippen molar-refractivity contribution in [3.8, 4) is 0 Å². The Morgan fingerprint density at radius 1 is 0.521 bits per heavy atom. The van der Waals surface area contributed by atoms with E-state index in [9.17, 15) is 24.3 Å². The van der Waals surface area contributed by atoms with Crippen LogP contribution in [0.4, 0.5) is 0 Å². The quantitative estimate of drug-likeness (QED) is 0.0868. The van der Waals surface area contributed by atoms with Gasteiger partial charge in [0.25, 0.3) is 0 Å². The van der Waals surface area contributed by atoms with Crippen LogP contribution in [0, 0.1) is 35.5 Å². The lowest BCUT2D eigenvalue weighted by Gasteiger charge is -2.42. The number of aliphatic hydroxyl groups is 1. The molecule has 0 radical (unpaired) electrons. The first-order chi connectivity index (χ1) is 44.5. The van der Waals surface area contributed by atoms with Crippen LogP contribution in [0.3, 0.4) is 0 Å². The van der Waals surface area contributed by atoms with E-state index in [4.69, 9.17) is 4.74 Å². The zero-order chi connectivity index (χ0) is 74.3. The van der Waals surface area contributed by atoms with Crippen LogP contribution in [0.15, 0.2) is 24.8 Å². The smallest absolute Gasteiger partial charge is 0.246 e. The van der Waals surface area contributed by atoms with Crippen molar-refractivity contribution in [1.29, 1.82) is 0 Å². The molecule has 0 unspecified atom stereocenters. The number of hydrogen-bond acceptors (Lipinski definition) is 14. The number of hydrogen-bond donors (Lipinski definition) is 5. The molecule has 0 saturated carbocycles. The third-order valence-corrected chi connectivity index (χ3v) is 18.6. The fourth-order valence-electron chi connectivity index (χ4n) is 12.3. The molecule has 0 aromatic rings. The largest absolute Gasteiger partial charge is 0.390 e. The van der Waals surface area contributed by atoms with Crippen LogP contribution in [0.25, 0.3) is 0 Å². The van der Waals surface area contributed by atoms with Crippen LogP contribution in [0.1, 0.15) is 176 Å². The van der Waals surface area contributed by atoms with Gasteiger partial charge in [0, 0.05) is 62.3 Å². The van der Waals surface area contributed by atoms with Crippen LogP contribution in [-0.2, 0) is 57.5 Å². The van der Waals surface area contributed by atoms with Crippen LogP contribution in [0.5, 0.6) is 0 Å². The van der Waals surface area contributed by atoms with Gasteiger partial charge in [-0.05, 0) is 122 Å². The lowest BCUT2D eigenvalue weighted by atomic mass is 9.91. The zero-order valence-electron chi connectivity index (χ0n) is 63.5. The zero-order valence-corrected chi connectivity index (χ0v) is 63.5. The van der Waals surface area contributed by atoms with Crippen LogP contribution in [0.2, 0.25) is 0 Å². The van der Waals surface area contributed by atoms with Crippen LogP contribution >= 0.6 is 0 Å². The molecule has 1 aliphatic rings. The summed E-state index contributed by atoms with van der Waals surface area (Å²) in [6, 6.07) is -14.2. The second-order valence-electron chi connectivity index (χ2n) is 29.1. The van der Waals surface area contributed by atoms with Gasteiger partial charge >= 0.3 is 0 Å². The van der Waals surface area contributed by atoms with Gasteiger partial charge in [0.05, 0.1) is 18.3 Å². The van der Waals surface area contributed by atoms with Crippen molar-refractivity contribution >= 4 is 65.0 Å². The Hall–Kier alpha value is -6.47. The second-order valence-corrected chi connectivity index (χ2v) is 29.1. The third-order valence-electron chi connectivity index (χ3n) is 18.6. The summed E-state index contributed by atoms with van der Waals surface area (Å²) in [4.78, 5) is 176. The van der Waals surface area contributed by atoms with Crippen molar-refractivity contribution in [1.82, 2.24) is 60.5 Å². The summed E-state index contributed by atoms with van der Waals surface area (Å²) in [6.07, 6.45) is 4.24. The van der Waals surface area contributed by atoms with E-state index in [0.29, 0.717) is 26.1 Å². The maximum absolute atomic E-state index is 15.6. The van der Waals surface area contributed by atoms with Gasteiger partial charge in [-0.25, -0.2) is 0 Å². The summed E-state index contributed by atoms with van der Waals surface area (Å²) in [5.41, 5.74) is -1.10. The molecule has 25 nitrogen and oxygen atoms in total. The Morgan fingerprint density at radius 2 is 0.958 bits per heavy atom. The van der Waals surface area contributed by atoms with E-state index >= 15 is 33.6 Å². The Bertz CT molecular complexity index is 2630. The Balaban J connectivity index is 4.66. The molecule has 0 aromatic carbocycles. The molecule has 1 saturated heterocycles. The van der Waals surface area contributed by atoms with Crippen molar-refractivity contribution in [2.24, 2.45) is 35.5 Å². The molecule has 13 atom stereocenters. The number of rotatable bonds is 23. The predicted molar refractivity (Wildman–Crippen MR) is 375 cm³/mol. The van der Waals surface area contributed by atoms with Gasteiger partial charge in [0.1, 0.15) is 66.5 Å². The van der Waals surface area contributed by atoms with E-state index in [-0.39, 0.29) is 62.9 Å². The minimum atomic E-state index is -1.65. The van der Waals surface area contributed by atoms with E-state index < -0.39 is 161 Å². The lowest BCUT2D eigenvalue weighted by molar-refractivity contribution is -0.157. The summed E-state index contributed by atoms with van der Waals surface area (Å²) < 4.78 is 6.16. The van der Waals surface area contributed by atoms with E-state index in [0.717, 1.165) is 4.90 Å². The maximum atomic E-state index is 15.6. The van der Waals surface area contributed by atoms with Gasteiger partial charge in [-0.3, -0.25) is 52.7 Å². The highest BCUT2D eigenvalue weighted by Crippen LogP contribution is 2.27. The molecular formula is C71H128N12O13. The molecule has 1 rings (SSSR count). The molecule has 1 fully saturated rings. The molecule has 0 aliphatic carbocycles. The SMILES string of the molecule is C=CCOC(C)(C)C[C@H]1C(=O)N[C@@H](C(C)C)C(=O)N(C)[C@@H](CC(C)C)C(=O)N[C@@H](C)C(=O)N[C@H](C)C(=O)N(C)[C@@H](CC(C)C)C(=O)N(C)[C@@H](CC(C)C)C(=O)N(C)[C@@H](C(C)C)C(=O)N(C)[C@@H]([C@H](O)[C@H](C)CC=CC)C(=O)N[C@@H](CC)C(=O)N(C)[C@H](CCN(CC)CC)C(=O)N1C. The molecule has 0 aromatic heterocycles. The van der Waals surface area contributed by atoms with E-state index in [2.05, 4.69) is 32.7 Å². The lowest BCUT2D eigenvalue weighted by Crippen LogP contribution is -2.64. The molecule has 25 heteroatoms. The molecule has 550 valence electrons. The van der Waals surface area contributed by atoms with Crippen molar-refractivity contribution < 1.29 is 62.6 Å². The topological polar surface area (TPSA) is 291 Å². The fourth-order valence-corrected chi connectivity index (χ4v) is 12.3. The molecule has 11 amide bonds. The first kappa shape index (κ1) is 87.5. The number of carbonyl (C=O) groups excluding carboxylic acids is 11. The van der Waals surface area contributed by atoms with Gasteiger partial charge in [-0.15, -0.1) is 6.58 Å². The number of allylic oxidation sites excluding steroid dienone is 2. The number of nitrogens with one attached hydrogen (secondary N) is 4. The highest BCUT2D eigenvalue weighted by atomic mass is 16.5. The van der Waals surface area contributed by atoms with Crippen LogP contribution in [-0.4, -0.2) is 263 Å². The first-order valence-electron chi connectivity index (χ1n) is 34.8. The maximum Gasteiger partial charge on any atom is 0.246 e. The molecule has 96 heavy (non-hydrogen) atoms. The molecule has 0 bridgehead atoms. The number of nitrogens with zero attached hydrogens (tertiary/aromatic N) is 8. The minimum absolute atomic E-state index is 0.0146. The van der Waals surface area contributed by atoms with Gasteiger partial charge in [0.15, 0.2) is 0 Å². The van der Waals surface area contributed by atoms with Crippen molar-refractivity contribution in [2.75, 3.05) is 75.6 Å². The molecular weight excluding hydrogens is 1230 g/mol. The average molecular weight is 1360 g/mol. The Kier molecular flexibility index (Phi) is 36.9. The summed E-state index contributed by atoms with van der Waals surface area (Å²) in [7, 11) is 10.0. The normalized spacial score (nSPS) is 26.1. The number of carbonyl (C=O) groups is 11. The van der Waals surface area contributed by atoms with Gasteiger partial charge in [-0.1, -0.05) is 115 Å². The summed E-state index contributed by atoms with van der Waals surface area (Å²) >= 11 is 0. The average Bonchev–Trinajstić information content (AvgIpc) is 0.812. The summed E-state index contributed by atoms with van der Waals surface area (Å²) in [5.74, 6) is -9.99. The highest BCUT2D eigenvalue weighted by molar-refractivity contribution is 6.00. The second kappa shape index (κ2) is 40.4. The van der Waals surface area contributed by atoms with E-state index in [1.54, 1.807) is 74.5 Å². The number of ether oxygens (including phenoxy) is 1. The number of amides is 11. The predicted octanol–water partition coefficient (Wildman–Crippen LogP) is 4.69. The standard InChI is InChI=1S/C71H128N12O13/c1-28-33-34-47(16)59(84)58-63(88)74-50(30-3)65(90)76(21)51(35-36-83(31-4)32-5)66(91)80(25)55(41-71(19,20)96-37-29-2)62(87)75-56(45(12)13)69(94)77(22)52(38-42(6)7)61(86)72-48(17)60(85)73-49(18)64(89)78(23)53(39-43(8)9)67(92)79(24)54(40-44(10)11)68(93)81(26)57(46(14)15)70(95)82(58)27/h28-29,33,42-59,84H,2,30-32,34-41H2,1,3-27H3,(H,72,86)(H,73,85)(H,74,88)(H,75,87)/t47-,48+,49-,50+,51-,52+,53+,54+,55+,56+,57+,58+,59-/m1/s1. The van der Waals surface area contributed by atoms with Gasteiger partial charge < -0.3 is 70.3 Å². The Labute approximate surface area is 576 Å². The summed E-state index contributed by atoms with van der Waals surface area (Å²) in [6.45, 7) is 39.0. The van der Waals surface area contributed by atoms with Gasteiger partial charge in [0.2, 0.25) is 65.0 Å². The fraction of sp³-hybridized carbons (Fsp3) is 0.789. The van der Waals surface area contributed by atoms with Crippen molar-refractivity contribution in [2.45, 2.75) is 255 Å². The first-order valence-corrected chi connectivity index (χ1v) is 34.8. The highest BCUT2D eigenvalue weighted by Gasteiger charge is 2.47. The monoisotopic (exact) mass is 1360 g/mol. The molecule has 1 heterocycles. The van der Waals surface area contributed by atoms with Crippen LogP contribution < -0.4 is 21.3 Å². The molecule has 1 aliphatic heterocycles. The van der Waals surface area contributed by atoms with E-state index in [1.807, 2.05) is 61.5 Å². The minimum Gasteiger partial charge on any atom is -0.390 e. The van der Waals surface area contributed by atoms with Crippen molar-refractivity contribution in [3.05, 3.63) is 24.8 Å². The third kappa shape index (κ3) is 24.8.